The highest BCUT2D eigenvalue weighted by molar-refractivity contribution is 5.03. The van der Waals surface area contributed by atoms with Gasteiger partial charge in [-0.1, -0.05) is 13.3 Å². The van der Waals surface area contributed by atoms with Crippen LogP contribution in [0.1, 0.15) is 40.0 Å². The van der Waals surface area contributed by atoms with Crippen LogP contribution in [0.5, 0.6) is 0 Å². The summed E-state index contributed by atoms with van der Waals surface area (Å²) in [7, 11) is 2.27. The van der Waals surface area contributed by atoms with Gasteiger partial charge >= 0.3 is 0 Å². The third-order valence-corrected chi connectivity index (χ3v) is 4.15. The molecule has 0 amide bonds. The second-order valence-corrected chi connectivity index (χ2v) is 5.70. The first kappa shape index (κ1) is 10.4. The summed E-state index contributed by atoms with van der Waals surface area (Å²) in [6.45, 7) is 9.71. The summed E-state index contributed by atoms with van der Waals surface area (Å²) in [5.74, 6) is 0. The predicted molar refractivity (Wildman–Crippen MR) is 60.5 cm³/mol. The summed E-state index contributed by atoms with van der Waals surface area (Å²) < 4.78 is 0. The molecule has 2 rings (SSSR count). The van der Waals surface area contributed by atoms with E-state index in [2.05, 4.69) is 37.6 Å². The minimum atomic E-state index is 0.426. The largest absolute Gasteiger partial charge is 0.301 e. The van der Waals surface area contributed by atoms with E-state index in [0.29, 0.717) is 5.54 Å². The predicted octanol–water partition coefficient (Wildman–Crippen LogP) is 1.95. The van der Waals surface area contributed by atoms with E-state index in [1.165, 1.54) is 32.4 Å². The summed E-state index contributed by atoms with van der Waals surface area (Å²) in [5.41, 5.74) is 0.426. The standard InChI is InChI=1S/C12H24N2/c1-5-6-12(2,3)14-9-10-7-11(14)8-13(10)4/h10-11H,5-9H2,1-4H3/t10-,11-/m0/s1. The van der Waals surface area contributed by atoms with Gasteiger partial charge in [-0.05, 0) is 33.7 Å². The Bertz CT molecular complexity index is 210. The van der Waals surface area contributed by atoms with E-state index >= 15 is 0 Å². The SMILES string of the molecule is CCCC(C)(C)N1C[C@@H]2C[C@H]1CN2C. The zero-order valence-corrected chi connectivity index (χ0v) is 10.1. The van der Waals surface area contributed by atoms with Crippen molar-refractivity contribution in [2.45, 2.75) is 57.7 Å². The van der Waals surface area contributed by atoms with E-state index in [1.54, 1.807) is 0 Å². The van der Waals surface area contributed by atoms with Crippen molar-refractivity contribution in [3.8, 4) is 0 Å². The molecule has 0 radical (unpaired) electrons. The molecule has 0 spiro atoms. The molecule has 82 valence electrons. The molecule has 14 heavy (non-hydrogen) atoms. The number of likely N-dealkylation sites (tertiary alicyclic amines) is 2. The van der Waals surface area contributed by atoms with Gasteiger partial charge < -0.3 is 4.90 Å². The molecule has 2 heteroatoms. The molecule has 2 bridgehead atoms. The Labute approximate surface area is 88.3 Å². The van der Waals surface area contributed by atoms with Crippen LogP contribution in [-0.2, 0) is 0 Å². The van der Waals surface area contributed by atoms with Gasteiger partial charge in [0.1, 0.15) is 0 Å². The van der Waals surface area contributed by atoms with E-state index in [1.807, 2.05) is 0 Å². The molecule has 0 unspecified atom stereocenters. The van der Waals surface area contributed by atoms with Gasteiger partial charge in [0, 0.05) is 30.7 Å². The van der Waals surface area contributed by atoms with Crippen LogP contribution < -0.4 is 0 Å². The summed E-state index contributed by atoms with van der Waals surface area (Å²) in [4.78, 5) is 5.28. The molecule has 2 nitrogen and oxygen atoms in total. The summed E-state index contributed by atoms with van der Waals surface area (Å²) >= 11 is 0. The molecule has 0 aromatic heterocycles. The van der Waals surface area contributed by atoms with Crippen molar-refractivity contribution >= 4 is 0 Å². The van der Waals surface area contributed by atoms with Crippen molar-refractivity contribution in [3.05, 3.63) is 0 Å². The lowest BCUT2D eigenvalue weighted by Gasteiger charge is -2.43. The van der Waals surface area contributed by atoms with Gasteiger partial charge in [0.25, 0.3) is 0 Å². The van der Waals surface area contributed by atoms with Crippen LogP contribution in [0, 0.1) is 0 Å². The minimum Gasteiger partial charge on any atom is -0.301 e. The van der Waals surface area contributed by atoms with Gasteiger partial charge in [-0.2, -0.15) is 0 Å². The smallest absolute Gasteiger partial charge is 0.0244 e. The molecule has 2 aliphatic rings. The Hall–Kier alpha value is -0.0800. The van der Waals surface area contributed by atoms with E-state index in [-0.39, 0.29) is 0 Å². The second kappa shape index (κ2) is 3.49. The van der Waals surface area contributed by atoms with Gasteiger partial charge in [0.15, 0.2) is 0 Å². The molecule has 0 aliphatic carbocycles. The van der Waals surface area contributed by atoms with E-state index < -0.39 is 0 Å². The van der Waals surface area contributed by atoms with E-state index in [0.717, 1.165) is 12.1 Å². The average molecular weight is 196 g/mol. The highest BCUT2D eigenvalue weighted by Gasteiger charge is 2.46. The second-order valence-electron chi connectivity index (χ2n) is 5.70. The summed E-state index contributed by atoms with van der Waals surface area (Å²) in [6, 6.07) is 1.68. The molecule has 2 aliphatic heterocycles. The van der Waals surface area contributed by atoms with Crippen molar-refractivity contribution in [1.29, 1.82) is 0 Å². The fourth-order valence-electron chi connectivity index (χ4n) is 3.36. The Morgan fingerprint density at radius 1 is 1.21 bits per heavy atom. The fraction of sp³-hybridized carbons (Fsp3) is 1.00. The molecule has 0 aromatic carbocycles. The Kier molecular flexibility index (Phi) is 2.61. The van der Waals surface area contributed by atoms with Crippen molar-refractivity contribution < 1.29 is 0 Å². The number of hydrogen-bond acceptors (Lipinski definition) is 2. The number of rotatable bonds is 3. The quantitative estimate of drug-likeness (QED) is 0.681. The normalized spacial score (nSPS) is 34.3. The number of hydrogen-bond donors (Lipinski definition) is 0. The van der Waals surface area contributed by atoms with Gasteiger partial charge in [0.05, 0.1) is 0 Å². The van der Waals surface area contributed by atoms with Gasteiger partial charge in [0.2, 0.25) is 0 Å². The molecule has 0 aromatic rings. The fourth-order valence-corrected chi connectivity index (χ4v) is 3.36. The summed E-state index contributed by atoms with van der Waals surface area (Å²) in [6.07, 6.45) is 4.04. The minimum absolute atomic E-state index is 0.426. The molecule has 2 atom stereocenters. The lowest BCUT2D eigenvalue weighted by Crippen LogP contribution is -2.53. The molecule has 2 heterocycles. The maximum Gasteiger partial charge on any atom is 0.0244 e. The first-order chi connectivity index (χ1) is 6.54. The van der Waals surface area contributed by atoms with Crippen LogP contribution >= 0.6 is 0 Å². The van der Waals surface area contributed by atoms with Gasteiger partial charge in [-0.3, -0.25) is 4.90 Å². The third kappa shape index (κ3) is 1.59. The van der Waals surface area contributed by atoms with Crippen molar-refractivity contribution in [2.75, 3.05) is 20.1 Å². The van der Waals surface area contributed by atoms with Crippen LogP contribution in [0.2, 0.25) is 0 Å². The first-order valence-electron chi connectivity index (χ1n) is 6.01. The van der Waals surface area contributed by atoms with Crippen molar-refractivity contribution in [3.63, 3.8) is 0 Å². The Balaban J connectivity index is 2.01. The van der Waals surface area contributed by atoms with Crippen molar-refractivity contribution in [2.24, 2.45) is 0 Å². The van der Waals surface area contributed by atoms with Crippen LogP contribution in [0.25, 0.3) is 0 Å². The lowest BCUT2D eigenvalue weighted by atomic mass is 9.95. The number of fused-ring (bicyclic) bond motifs is 2. The molecular weight excluding hydrogens is 172 g/mol. The Morgan fingerprint density at radius 2 is 1.93 bits per heavy atom. The summed E-state index contributed by atoms with van der Waals surface area (Å²) in [5, 5.41) is 0. The van der Waals surface area contributed by atoms with Gasteiger partial charge in [-0.15, -0.1) is 0 Å². The highest BCUT2D eigenvalue weighted by atomic mass is 15.4. The molecule has 0 saturated carbocycles. The molecule has 2 fully saturated rings. The molecular formula is C12H24N2. The third-order valence-electron chi connectivity index (χ3n) is 4.15. The average Bonchev–Trinajstić information content (AvgIpc) is 2.61. The number of likely N-dealkylation sites (N-methyl/N-ethyl adjacent to an activating group) is 1. The maximum atomic E-state index is 2.75. The monoisotopic (exact) mass is 196 g/mol. The Morgan fingerprint density at radius 3 is 2.36 bits per heavy atom. The maximum absolute atomic E-state index is 2.75. The zero-order chi connectivity index (χ0) is 10.3. The van der Waals surface area contributed by atoms with Crippen LogP contribution in [-0.4, -0.2) is 47.6 Å². The molecule has 0 N–H and O–H groups in total. The van der Waals surface area contributed by atoms with Crippen LogP contribution in [0.15, 0.2) is 0 Å². The van der Waals surface area contributed by atoms with Crippen LogP contribution in [0.3, 0.4) is 0 Å². The zero-order valence-electron chi connectivity index (χ0n) is 10.1. The number of nitrogens with zero attached hydrogens (tertiary/aromatic N) is 2. The van der Waals surface area contributed by atoms with Crippen LogP contribution in [0.4, 0.5) is 0 Å². The van der Waals surface area contributed by atoms with Crippen molar-refractivity contribution in [1.82, 2.24) is 9.80 Å². The first-order valence-corrected chi connectivity index (χ1v) is 6.01. The topological polar surface area (TPSA) is 6.48 Å². The number of piperazine rings is 1. The van der Waals surface area contributed by atoms with Gasteiger partial charge in [-0.25, -0.2) is 0 Å². The lowest BCUT2D eigenvalue weighted by molar-refractivity contribution is 0.0503. The highest BCUT2D eigenvalue weighted by Crippen LogP contribution is 2.36. The van der Waals surface area contributed by atoms with E-state index in [4.69, 9.17) is 0 Å². The van der Waals surface area contributed by atoms with E-state index in [9.17, 15) is 0 Å². The molecule has 2 saturated heterocycles.